The highest BCUT2D eigenvalue weighted by Crippen LogP contribution is 2.24. The van der Waals surface area contributed by atoms with Crippen LogP contribution in [0, 0.1) is 5.41 Å². The number of carbonyl (C=O) groups is 1. The summed E-state index contributed by atoms with van der Waals surface area (Å²) in [6, 6.07) is 21.9. The number of carbonyl (C=O) groups excluding carboxylic acids is 1. The number of alkyl halides is 1. The summed E-state index contributed by atoms with van der Waals surface area (Å²) in [6.07, 6.45) is 2.02. The molecule has 0 saturated heterocycles. The maximum Gasteiger partial charge on any atom is 0.230 e. The van der Waals surface area contributed by atoms with Crippen LogP contribution in [0.1, 0.15) is 30.7 Å². The molecule has 0 aliphatic carbocycles. The molecule has 29 heavy (non-hydrogen) atoms. The van der Waals surface area contributed by atoms with E-state index in [9.17, 15) is 4.79 Å². The van der Waals surface area contributed by atoms with Gasteiger partial charge in [0, 0.05) is 35.9 Å². The summed E-state index contributed by atoms with van der Waals surface area (Å²) in [6.45, 7) is 5.49. The number of hydrogen-bond acceptors (Lipinski definition) is 1. The quantitative estimate of drug-likeness (QED) is 0.404. The fourth-order valence-corrected chi connectivity index (χ4v) is 3.55. The third-order valence-corrected chi connectivity index (χ3v) is 6.03. The minimum Gasteiger partial charge on any atom is -0.345 e. The van der Waals surface area contributed by atoms with Gasteiger partial charge in [0.1, 0.15) is 0 Å². The molecule has 0 atom stereocenters. The van der Waals surface area contributed by atoms with E-state index in [1.807, 2.05) is 85.6 Å². The summed E-state index contributed by atoms with van der Waals surface area (Å²) in [4.78, 5) is 15.1. The van der Waals surface area contributed by atoms with Crippen LogP contribution in [-0.4, -0.2) is 21.3 Å². The first-order valence-electron chi connectivity index (χ1n) is 9.67. The highest BCUT2D eigenvalue weighted by atomic mass is 35.5. The summed E-state index contributed by atoms with van der Waals surface area (Å²) < 4.78 is 2.14. The predicted molar refractivity (Wildman–Crippen MR) is 120 cm³/mol. The lowest BCUT2D eigenvalue weighted by atomic mass is 9.94. The molecule has 1 amide bonds. The summed E-state index contributed by atoms with van der Waals surface area (Å²) in [5.74, 6) is 0.319. The van der Waals surface area contributed by atoms with Crippen molar-refractivity contribution in [1.29, 1.82) is 0 Å². The Balaban J connectivity index is 1.85. The molecular weight excluding hydrogens is 403 g/mol. The Morgan fingerprint density at radius 1 is 0.966 bits per heavy atom. The second-order valence-electron chi connectivity index (χ2n) is 7.88. The Labute approximate surface area is 182 Å². The van der Waals surface area contributed by atoms with Crippen LogP contribution in [0.4, 0.5) is 0 Å². The van der Waals surface area contributed by atoms with Crippen LogP contribution in [0.25, 0.3) is 0 Å². The number of halogens is 2. The van der Waals surface area contributed by atoms with Crippen molar-refractivity contribution in [2.24, 2.45) is 5.41 Å². The molecule has 0 unspecified atom stereocenters. The van der Waals surface area contributed by atoms with Gasteiger partial charge in [-0.25, -0.2) is 0 Å². The molecule has 0 saturated carbocycles. The maximum atomic E-state index is 13.3. The lowest BCUT2D eigenvalue weighted by Crippen LogP contribution is -2.41. The van der Waals surface area contributed by atoms with Crippen molar-refractivity contribution in [2.45, 2.75) is 33.5 Å². The summed E-state index contributed by atoms with van der Waals surface area (Å²) >= 11 is 12.4. The van der Waals surface area contributed by atoms with Crippen molar-refractivity contribution in [3.63, 3.8) is 0 Å². The summed E-state index contributed by atoms with van der Waals surface area (Å²) in [7, 11) is 0. The lowest BCUT2D eigenvalue weighted by molar-refractivity contribution is -0.140. The van der Waals surface area contributed by atoms with Crippen molar-refractivity contribution in [3.05, 3.63) is 94.8 Å². The normalized spacial score (nSPS) is 11.4. The summed E-state index contributed by atoms with van der Waals surface area (Å²) in [5.41, 5.74) is 2.57. The van der Waals surface area contributed by atoms with Crippen LogP contribution in [0.15, 0.2) is 72.9 Å². The third-order valence-electron chi connectivity index (χ3n) is 4.99. The van der Waals surface area contributed by atoms with Gasteiger partial charge in [-0.1, -0.05) is 60.1 Å². The smallest absolute Gasteiger partial charge is 0.230 e. The van der Waals surface area contributed by atoms with Crippen LogP contribution < -0.4 is 0 Å². The van der Waals surface area contributed by atoms with E-state index >= 15 is 0 Å². The zero-order valence-electron chi connectivity index (χ0n) is 16.8. The van der Waals surface area contributed by atoms with Crippen LogP contribution >= 0.6 is 23.2 Å². The Bertz CT molecular complexity index is 950. The van der Waals surface area contributed by atoms with Crippen molar-refractivity contribution < 1.29 is 4.79 Å². The Kier molecular flexibility index (Phi) is 7.05. The van der Waals surface area contributed by atoms with E-state index < -0.39 is 5.41 Å². The van der Waals surface area contributed by atoms with E-state index in [0.717, 1.165) is 21.8 Å². The molecule has 1 heterocycles. The maximum absolute atomic E-state index is 13.3. The predicted octanol–water partition coefficient (Wildman–Crippen LogP) is 5.98. The number of hydrogen-bond donors (Lipinski definition) is 0. The van der Waals surface area contributed by atoms with Gasteiger partial charge >= 0.3 is 0 Å². The molecule has 3 rings (SSSR count). The number of aromatic nitrogens is 1. The van der Waals surface area contributed by atoms with Crippen LogP contribution in [0.3, 0.4) is 0 Å². The molecule has 0 fully saturated rings. The van der Waals surface area contributed by atoms with Crippen molar-refractivity contribution in [1.82, 2.24) is 9.47 Å². The molecule has 3 nitrogen and oxygen atoms in total. The Hall–Kier alpha value is -2.23. The molecule has 0 N–H and O–H groups in total. The van der Waals surface area contributed by atoms with Gasteiger partial charge in [-0.05, 0) is 43.2 Å². The zero-order chi connectivity index (χ0) is 20.9. The first kappa shape index (κ1) is 21.5. The molecule has 0 bridgehead atoms. The van der Waals surface area contributed by atoms with Gasteiger partial charge in [0.25, 0.3) is 0 Å². The SMILES string of the molecule is CC(C)(CCl)C(=O)N(Cc1ccccc1)Cc1cccn1Cc1ccccc1Cl. The number of benzene rings is 2. The second-order valence-corrected chi connectivity index (χ2v) is 8.56. The van der Waals surface area contributed by atoms with E-state index in [0.29, 0.717) is 19.6 Å². The first-order chi connectivity index (χ1) is 13.9. The van der Waals surface area contributed by atoms with Gasteiger partial charge in [-0.3, -0.25) is 4.79 Å². The molecule has 0 aliphatic rings. The molecule has 2 aromatic carbocycles. The average Bonchev–Trinajstić information content (AvgIpc) is 3.16. The van der Waals surface area contributed by atoms with E-state index in [2.05, 4.69) is 10.6 Å². The fraction of sp³-hybridized carbons (Fsp3) is 0.292. The van der Waals surface area contributed by atoms with Gasteiger partial charge in [-0.15, -0.1) is 11.6 Å². The number of rotatable bonds is 8. The van der Waals surface area contributed by atoms with E-state index in [1.165, 1.54) is 0 Å². The number of amides is 1. The van der Waals surface area contributed by atoms with Crippen LogP contribution in [0.5, 0.6) is 0 Å². The number of nitrogens with zero attached hydrogens (tertiary/aromatic N) is 2. The molecule has 0 spiro atoms. The third kappa shape index (κ3) is 5.43. The van der Waals surface area contributed by atoms with E-state index in [4.69, 9.17) is 23.2 Å². The van der Waals surface area contributed by atoms with Gasteiger partial charge < -0.3 is 9.47 Å². The second kappa shape index (κ2) is 9.51. The molecule has 3 aromatic rings. The molecule has 0 aliphatic heterocycles. The van der Waals surface area contributed by atoms with Crippen molar-refractivity contribution >= 4 is 29.1 Å². The van der Waals surface area contributed by atoms with Gasteiger partial charge in [0.15, 0.2) is 0 Å². The minimum absolute atomic E-state index is 0.0434. The topological polar surface area (TPSA) is 25.2 Å². The average molecular weight is 429 g/mol. The van der Waals surface area contributed by atoms with Crippen molar-refractivity contribution in [3.8, 4) is 0 Å². The largest absolute Gasteiger partial charge is 0.345 e. The van der Waals surface area contributed by atoms with Crippen LogP contribution in [-0.2, 0) is 24.4 Å². The van der Waals surface area contributed by atoms with E-state index in [1.54, 1.807) is 0 Å². The monoisotopic (exact) mass is 428 g/mol. The van der Waals surface area contributed by atoms with Gasteiger partial charge in [0.2, 0.25) is 5.91 Å². The zero-order valence-corrected chi connectivity index (χ0v) is 18.3. The lowest BCUT2D eigenvalue weighted by Gasteiger charge is -2.31. The fourth-order valence-electron chi connectivity index (χ4n) is 3.24. The molecule has 1 aromatic heterocycles. The van der Waals surface area contributed by atoms with Crippen LogP contribution in [0.2, 0.25) is 5.02 Å². The summed E-state index contributed by atoms with van der Waals surface area (Å²) in [5, 5.41) is 0.743. The molecular formula is C24H26Cl2N2O. The van der Waals surface area contributed by atoms with Gasteiger partial charge in [0.05, 0.1) is 12.0 Å². The van der Waals surface area contributed by atoms with E-state index in [-0.39, 0.29) is 11.8 Å². The highest BCUT2D eigenvalue weighted by Gasteiger charge is 2.31. The van der Waals surface area contributed by atoms with Crippen molar-refractivity contribution in [2.75, 3.05) is 5.88 Å². The standard InChI is InChI=1S/C24H26Cl2N2O/c1-24(2,18-25)23(29)28(15-19-9-4-3-5-10-19)17-21-12-8-14-27(21)16-20-11-6-7-13-22(20)26/h3-14H,15-18H2,1-2H3. The Morgan fingerprint density at radius 2 is 1.66 bits per heavy atom. The highest BCUT2D eigenvalue weighted by molar-refractivity contribution is 6.31. The minimum atomic E-state index is -0.628. The Morgan fingerprint density at radius 3 is 2.34 bits per heavy atom. The molecule has 5 heteroatoms. The molecule has 0 radical (unpaired) electrons. The first-order valence-corrected chi connectivity index (χ1v) is 10.6. The van der Waals surface area contributed by atoms with Gasteiger partial charge in [-0.2, -0.15) is 0 Å². The molecule has 152 valence electrons.